The van der Waals surface area contributed by atoms with Crippen LogP contribution in [0.25, 0.3) is 0 Å². The lowest BCUT2D eigenvalue weighted by molar-refractivity contribution is -0.870. The third-order valence-electron chi connectivity index (χ3n) is 3.39. The fourth-order valence-electron chi connectivity index (χ4n) is 2.19. The van der Waals surface area contributed by atoms with Crippen molar-refractivity contribution in [2.45, 2.75) is 6.42 Å². The van der Waals surface area contributed by atoms with Crippen molar-refractivity contribution in [2.24, 2.45) is 0 Å². The first kappa shape index (κ1) is 16.2. The molecule has 3 heteroatoms. The second-order valence-electron chi connectivity index (χ2n) is 6.44. The third kappa shape index (κ3) is 5.01. The van der Waals surface area contributed by atoms with Crippen LogP contribution in [0.2, 0.25) is 0 Å². The first-order valence-corrected chi connectivity index (χ1v) is 7.59. The molecule has 0 unspecified atom stereocenters. The Morgan fingerprint density at radius 1 is 0.909 bits per heavy atom. The SMILES string of the molecule is C[N+](C)(C)CCCOc1ccc(C(=O)c2ccccc2)cc1. The lowest BCUT2D eigenvalue weighted by Gasteiger charge is -2.23. The lowest BCUT2D eigenvalue weighted by Crippen LogP contribution is -2.35. The molecule has 0 N–H and O–H groups in total. The molecule has 2 aromatic carbocycles. The number of hydrogen-bond donors (Lipinski definition) is 0. The molecule has 22 heavy (non-hydrogen) atoms. The van der Waals surface area contributed by atoms with Crippen LogP contribution in [0.1, 0.15) is 22.3 Å². The van der Waals surface area contributed by atoms with Crippen LogP contribution in [0.3, 0.4) is 0 Å². The molecular formula is C19H24NO2+. The molecule has 0 radical (unpaired) electrons. The highest BCUT2D eigenvalue weighted by Crippen LogP contribution is 2.15. The van der Waals surface area contributed by atoms with E-state index in [1.807, 2.05) is 54.6 Å². The number of nitrogens with zero attached hydrogens (tertiary/aromatic N) is 1. The number of rotatable bonds is 7. The largest absolute Gasteiger partial charge is 0.493 e. The van der Waals surface area contributed by atoms with Gasteiger partial charge in [-0.2, -0.15) is 0 Å². The standard InChI is InChI=1S/C19H24NO2/c1-20(2,3)14-7-15-22-18-12-10-17(11-13-18)19(21)16-8-5-4-6-9-16/h4-6,8-13H,7,14-15H2,1-3H3/q+1. The van der Waals surface area contributed by atoms with Crippen LogP contribution in [-0.2, 0) is 0 Å². The molecule has 0 aliphatic rings. The van der Waals surface area contributed by atoms with Gasteiger partial charge >= 0.3 is 0 Å². The van der Waals surface area contributed by atoms with E-state index in [4.69, 9.17) is 4.74 Å². The van der Waals surface area contributed by atoms with Crippen molar-refractivity contribution in [1.82, 2.24) is 0 Å². The minimum atomic E-state index is 0.0391. The summed E-state index contributed by atoms with van der Waals surface area (Å²) in [6.07, 6.45) is 1.01. The monoisotopic (exact) mass is 298 g/mol. The van der Waals surface area contributed by atoms with Gasteiger partial charge < -0.3 is 9.22 Å². The van der Waals surface area contributed by atoms with E-state index < -0.39 is 0 Å². The van der Waals surface area contributed by atoms with E-state index in [1.165, 1.54) is 0 Å². The van der Waals surface area contributed by atoms with Crippen molar-refractivity contribution in [3.05, 3.63) is 65.7 Å². The van der Waals surface area contributed by atoms with Gasteiger partial charge in [0.05, 0.1) is 34.3 Å². The predicted octanol–water partition coefficient (Wildman–Crippen LogP) is 3.39. The van der Waals surface area contributed by atoms with Gasteiger partial charge in [-0.1, -0.05) is 30.3 Å². The summed E-state index contributed by atoms with van der Waals surface area (Å²) < 4.78 is 6.66. The van der Waals surface area contributed by atoms with E-state index >= 15 is 0 Å². The van der Waals surface area contributed by atoms with Crippen LogP contribution in [0.15, 0.2) is 54.6 Å². The quantitative estimate of drug-likeness (QED) is 0.445. The van der Waals surface area contributed by atoms with Crippen molar-refractivity contribution in [2.75, 3.05) is 34.3 Å². The number of ketones is 1. The number of quaternary nitrogens is 1. The normalized spacial score (nSPS) is 11.2. The number of hydrogen-bond acceptors (Lipinski definition) is 2. The summed E-state index contributed by atoms with van der Waals surface area (Å²) in [5, 5.41) is 0. The third-order valence-corrected chi connectivity index (χ3v) is 3.39. The Morgan fingerprint density at radius 2 is 1.50 bits per heavy atom. The summed E-state index contributed by atoms with van der Waals surface area (Å²) in [5.74, 6) is 0.850. The molecule has 0 aliphatic heterocycles. The highest BCUT2D eigenvalue weighted by Gasteiger charge is 2.09. The van der Waals surface area contributed by atoms with Crippen LogP contribution >= 0.6 is 0 Å². The van der Waals surface area contributed by atoms with Crippen LogP contribution < -0.4 is 4.74 Å². The molecule has 0 bridgehead atoms. The molecule has 0 saturated carbocycles. The van der Waals surface area contributed by atoms with Crippen molar-refractivity contribution >= 4 is 5.78 Å². The molecule has 0 spiro atoms. The van der Waals surface area contributed by atoms with Crippen molar-refractivity contribution in [3.63, 3.8) is 0 Å². The van der Waals surface area contributed by atoms with E-state index in [2.05, 4.69) is 21.1 Å². The van der Waals surface area contributed by atoms with Gasteiger partial charge in [-0.3, -0.25) is 4.79 Å². The zero-order chi connectivity index (χ0) is 16.0. The fourth-order valence-corrected chi connectivity index (χ4v) is 2.19. The number of benzene rings is 2. The highest BCUT2D eigenvalue weighted by molar-refractivity contribution is 6.08. The Balaban J connectivity index is 1.89. The Hall–Kier alpha value is -2.13. The summed E-state index contributed by atoms with van der Waals surface area (Å²) in [6.45, 7) is 1.77. The zero-order valence-corrected chi connectivity index (χ0v) is 13.6. The fraction of sp³-hybridized carbons (Fsp3) is 0.316. The second-order valence-corrected chi connectivity index (χ2v) is 6.44. The van der Waals surface area contributed by atoms with Crippen LogP contribution in [-0.4, -0.2) is 44.6 Å². The molecule has 3 nitrogen and oxygen atoms in total. The highest BCUT2D eigenvalue weighted by atomic mass is 16.5. The molecule has 116 valence electrons. The van der Waals surface area contributed by atoms with Crippen molar-refractivity contribution < 1.29 is 14.0 Å². The smallest absolute Gasteiger partial charge is 0.193 e. The molecule has 0 atom stereocenters. The van der Waals surface area contributed by atoms with Crippen LogP contribution in [0.4, 0.5) is 0 Å². The van der Waals surface area contributed by atoms with E-state index in [0.29, 0.717) is 17.7 Å². The minimum absolute atomic E-state index is 0.0391. The molecular weight excluding hydrogens is 274 g/mol. The molecule has 0 heterocycles. The summed E-state index contributed by atoms with van der Waals surface area (Å²) in [4.78, 5) is 12.3. The summed E-state index contributed by atoms with van der Waals surface area (Å²) >= 11 is 0. The molecule has 2 aromatic rings. The molecule has 0 aliphatic carbocycles. The van der Waals surface area contributed by atoms with Gasteiger partial charge in [-0.05, 0) is 24.3 Å². The minimum Gasteiger partial charge on any atom is -0.493 e. The molecule has 0 saturated heterocycles. The zero-order valence-electron chi connectivity index (χ0n) is 13.6. The first-order chi connectivity index (χ1) is 10.5. The van der Waals surface area contributed by atoms with Gasteiger partial charge in [0.1, 0.15) is 5.75 Å². The average molecular weight is 298 g/mol. The number of ether oxygens (including phenoxy) is 1. The molecule has 0 amide bonds. The maximum absolute atomic E-state index is 12.3. The topological polar surface area (TPSA) is 26.3 Å². The van der Waals surface area contributed by atoms with Crippen molar-refractivity contribution in [3.8, 4) is 5.75 Å². The maximum atomic E-state index is 12.3. The van der Waals surface area contributed by atoms with E-state index in [0.717, 1.165) is 23.2 Å². The average Bonchev–Trinajstić information content (AvgIpc) is 2.51. The predicted molar refractivity (Wildman–Crippen MR) is 89.3 cm³/mol. The summed E-state index contributed by atoms with van der Waals surface area (Å²) in [6, 6.07) is 16.7. The van der Waals surface area contributed by atoms with E-state index in [1.54, 1.807) is 0 Å². The summed E-state index contributed by atoms with van der Waals surface area (Å²) in [5.41, 5.74) is 1.39. The van der Waals surface area contributed by atoms with Crippen molar-refractivity contribution in [1.29, 1.82) is 0 Å². The maximum Gasteiger partial charge on any atom is 0.193 e. The van der Waals surface area contributed by atoms with Crippen LogP contribution in [0, 0.1) is 0 Å². The van der Waals surface area contributed by atoms with Gasteiger partial charge in [-0.15, -0.1) is 0 Å². The second kappa shape index (κ2) is 7.23. The molecule has 0 aromatic heterocycles. The number of carbonyl (C=O) groups excluding carboxylic acids is 1. The number of carbonyl (C=O) groups is 1. The van der Waals surface area contributed by atoms with Gasteiger partial charge in [0.15, 0.2) is 5.78 Å². The van der Waals surface area contributed by atoms with Gasteiger partial charge in [0.2, 0.25) is 0 Å². The lowest BCUT2D eigenvalue weighted by atomic mass is 10.0. The van der Waals surface area contributed by atoms with Gasteiger partial charge in [-0.25, -0.2) is 0 Å². The Labute approximate surface area is 132 Å². The molecule has 0 fully saturated rings. The van der Waals surface area contributed by atoms with Gasteiger partial charge in [0.25, 0.3) is 0 Å². The Bertz CT molecular complexity index is 598. The summed E-state index contributed by atoms with van der Waals surface area (Å²) in [7, 11) is 6.51. The van der Waals surface area contributed by atoms with Gasteiger partial charge in [0, 0.05) is 17.5 Å². The Morgan fingerprint density at radius 3 is 2.09 bits per heavy atom. The molecule has 2 rings (SSSR count). The Kier molecular flexibility index (Phi) is 5.34. The van der Waals surface area contributed by atoms with E-state index in [9.17, 15) is 4.79 Å². The van der Waals surface area contributed by atoms with Crippen LogP contribution in [0.5, 0.6) is 5.75 Å². The van der Waals surface area contributed by atoms with E-state index in [-0.39, 0.29) is 5.78 Å². The first-order valence-electron chi connectivity index (χ1n) is 7.59.